The van der Waals surface area contributed by atoms with Gasteiger partial charge in [0, 0.05) is 17.1 Å². The molecule has 1 heterocycles. The number of ether oxygens (including phenoxy) is 1. The predicted octanol–water partition coefficient (Wildman–Crippen LogP) is 0.902. The Balaban J connectivity index is 3.09. The zero-order valence-electron chi connectivity index (χ0n) is 10.4. The third-order valence-electron chi connectivity index (χ3n) is 2.25. The number of rotatable bonds is 5. The number of methoxy groups -OCH3 is 1. The molecule has 0 spiro atoms. The Hall–Kier alpha value is -1.12. The normalized spacial score (nSPS) is 12.1. The molecule has 0 radical (unpaired) electrons. The molecule has 0 bridgehead atoms. The Bertz CT molecular complexity index is 522. The van der Waals surface area contributed by atoms with E-state index < -0.39 is 16.0 Å². The summed E-state index contributed by atoms with van der Waals surface area (Å²) in [6.07, 6.45) is 0. The first-order valence-corrected chi connectivity index (χ1v) is 7.53. The average Bonchev–Trinajstić information content (AvgIpc) is 2.72. The fraction of sp³-hybridized carbons (Fsp3) is 0.500. The number of carbonyl (C=O) groups is 1. The van der Waals surface area contributed by atoms with Gasteiger partial charge in [0.1, 0.15) is 10.8 Å². The number of nitrogen functional groups attached to an aromatic ring is 1. The lowest BCUT2D eigenvalue weighted by atomic mass is 10.4. The van der Waals surface area contributed by atoms with Crippen LogP contribution in [-0.4, -0.2) is 38.4 Å². The average molecular weight is 292 g/mol. The molecule has 18 heavy (non-hydrogen) atoms. The van der Waals surface area contributed by atoms with Gasteiger partial charge in [-0.2, -0.15) is 4.31 Å². The Morgan fingerprint density at radius 1 is 1.56 bits per heavy atom. The molecule has 6 nitrogen and oxygen atoms in total. The first kappa shape index (κ1) is 14.9. The van der Waals surface area contributed by atoms with Gasteiger partial charge in [0.05, 0.1) is 7.11 Å². The molecule has 102 valence electrons. The summed E-state index contributed by atoms with van der Waals surface area (Å²) in [5.41, 5.74) is 5.90. The van der Waals surface area contributed by atoms with Crippen molar-refractivity contribution in [2.75, 3.05) is 19.4 Å². The number of esters is 1. The Morgan fingerprint density at radius 2 is 2.17 bits per heavy atom. The summed E-state index contributed by atoms with van der Waals surface area (Å²) in [5, 5.41) is 1.55. The number of hydrogen-bond donors (Lipinski definition) is 1. The maximum Gasteiger partial charge on any atom is 0.321 e. The second-order valence-corrected chi connectivity index (χ2v) is 6.95. The van der Waals surface area contributed by atoms with Gasteiger partial charge in [-0.1, -0.05) is 0 Å². The summed E-state index contributed by atoms with van der Waals surface area (Å²) in [5.74, 6) is -0.600. The van der Waals surface area contributed by atoms with Gasteiger partial charge in [0.2, 0.25) is 0 Å². The van der Waals surface area contributed by atoms with E-state index in [1.807, 2.05) is 0 Å². The van der Waals surface area contributed by atoms with Crippen LogP contribution in [0.2, 0.25) is 0 Å². The van der Waals surface area contributed by atoms with Crippen LogP contribution in [-0.2, 0) is 19.6 Å². The van der Waals surface area contributed by atoms with Crippen LogP contribution in [0.25, 0.3) is 0 Å². The van der Waals surface area contributed by atoms with E-state index in [0.29, 0.717) is 5.69 Å². The smallest absolute Gasteiger partial charge is 0.321 e. The van der Waals surface area contributed by atoms with Crippen molar-refractivity contribution in [1.29, 1.82) is 0 Å². The van der Waals surface area contributed by atoms with Crippen LogP contribution in [0.5, 0.6) is 0 Å². The number of hydrogen-bond acceptors (Lipinski definition) is 6. The van der Waals surface area contributed by atoms with Gasteiger partial charge < -0.3 is 10.5 Å². The van der Waals surface area contributed by atoms with Crippen LogP contribution in [0.1, 0.15) is 13.8 Å². The van der Waals surface area contributed by atoms with Crippen LogP contribution in [0.15, 0.2) is 15.7 Å². The van der Waals surface area contributed by atoms with Gasteiger partial charge in [-0.15, -0.1) is 11.3 Å². The summed E-state index contributed by atoms with van der Waals surface area (Å²) < 4.78 is 30.3. The van der Waals surface area contributed by atoms with Crippen molar-refractivity contribution in [2.24, 2.45) is 0 Å². The molecule has 1 rings (SSSR count). The molecule has 0 saturated carbocycles. The number of carbonyl (C=O) groups excluding carboxylic acids is 1. The second kappa shape index (κ2) is 5.68. The van der Waals surface area contributed by atoms with E-state index in [-0.39, 0.29) is 16.8 Å². The van der Waals surface area contributed by atoms with E-state index in [2.05, 4.69) is 4.74 Å². The highest BCUT2D eigenvalue weighted by atomic mass is 32.2. The molecule has 0 fully saturated rings. The van der Waals surface area contributed by atoms with E-state index in [1.54, 1.807) is 19.2 Å². The van der Waals surface area contributed by atoms with Gasteiger partial charge in [-0.3, -0.25) is 4.79 Å². The lowest BCUT2D eigenvalue weighted by molar-refractivity contribution is -0.141. The molecule has 1 aromatic rings. The molecule has 0 aliphatic heterocycles. The van der Waals surface area contributed by atoms with Gasteiger partial charge in [0.25, 0.3) is 10.0 Å². The summed E-state index contributed by atoms with van der Waals surface area (Å²) in [7, 11) is -2.49. The summed E-state index contributed by atoms with van der Waals surface area (Å²) in [6, 6.07) is 1.03. The van der Waals surface area contributed by atoms with Crippen molar-refractivity contribution in [3.05, 3.63) is 11.4 Å². The monoisotopic (exact) mass is 292 g/mol. The SMILES string of the molecule is COC(=O)CN(C(C)C)S(=O)(=O)c1cc(N)cs1. The van der Waals surface area contributed by atoms with E-state index >= 15 is 0 Å². The standard InChI is InChI=1S/C10H16N2O4S2/c1-7(2)12(5-9(13)16-3)18(14,15)10-4-8(11)6-17-10/h4,6-7H,5,11H2,1-3H3. The van der Waals surface area contributed by atoms with Gasteiger partial charge >= 0.3 is 5.97 Å². The maximum atomic E-state index is 12.3. The van der Waals surface area contributed by atoms with E-state index in [9.17, 15) is 13.2 Å². The number of thiophene rings is 1. The molecule has 1 aromatic heterocycles. The number of nitrogens with zero attached hydrogens (tertiary/aromatic N) is 1. The van der Waals surface area contributed by atoms with Gasteiger partial charge in [0.15, 0.2) is 0 Å². The van der Waals surface area contributed by atoms with Gasteiger partial charge in [-0.25, -0.2) is 8.42 Å². The first-order valence-electron chi connectivity index (χ1n) is 5.21. The minimum absolute atomic E-state index is 0.123. The highest BCUT2D eigenvalue weighted by molar-refractivity contribution is 7.91. The van der Waals surface area contributed by atoms with E-state index in [1.165, 1.54) is 13.2 Å². The highest BCUT2D eigenvalue weighted by Gasteiger charge is 2.30. The second-order valence-electron chi connectivity index (χ2n) is 3.92. The fourth-order valence-electron chi connectivity index (χ4n) is 1.32. The minimum atomic E-state index is -3.71. The molecule has 0 unspecified atom stereocenters. The third kappa shape index (κ3) is 3.21. The highest BCUT2D eigenvalue weighted by Crippen LogP contribution is 2.26. The van der Waals surface area contributed by atoms with E-state index in [0.717, 1.165) is 15.6 Å². The van der Waals surface area contributed by atoms with Crippen molar-refractivity contribution >= 4 is 33.0 Å². The van der Waals surface area contributed by atoms with E-state index in [4.69, 9.17) is 5.73 Å². The Kier molecular flexibility index (Phi) is 4.71. The molecule has 0 aromatic carbocycles. The Labute approximate surface area is 110 Å². The third-order valence-corrected chi connectivity index (χ3v) is 5.70. The summed E-state index contributed by atoms with van der Waals surface area (Å²) >= 11 is 1.03. The summed E-state index contributed by atoms with van der Waals surface area (Å²) in [6.45, 7) is 3.07. The van der Waals surface area contributed by atoms with Gasteiger partial charge in [-0.05, 0) is 19.9 Å². The number of nitrogens with two attached hydrogens (primary N) is 1. The van der Waals surface area contributed by atoms with Crippen molar-refractivity contribution < 1.29 is 17.9 Å². The molecule has 0 atom stereocenters. The molecular weight excluding hydrogens is 276 g/mol. The molecule has 0 saturated heterocycles. The Morgan fingerprint density at radius 3 is 2.56 bits per heavy atom. The van der Waals surface area contributed by atoms with Crippen LogP contribution in [0.3, 0.4) is 0 Å². The molecule has 2 N–H and O–H groups in total. The van der Waals surface area contributed by atoms with Crippen LogP contribution in [0, 0.1) is 0 Å². The van der Waals surface area contributed by atoms with Crippen LogP contribution in [0.4, 0.5) is 5.69 Å². The lowest BCUT2D eigenvalue weighted by Gasteiger charge is -2.23. The van der Waals surface area contributed by atoms with Crippen molar-refractivity contribution in [1.82, 2.24) is 4.31 Å². The number of sulfonamides is 1. The number of anilines is 1. The maximum absolute atomic E-state index is 12.3. The molecule has 0 amide bonds. The van der Waals surface area contributed by atoms with Crippen LogP contribution >= 0.6 is 11.3 Å². The van der Waals surface area contributed by atoms with Crippen molar-refractivity contribution in [3.8, 4) is 0 Å². The fourth-order valence-corrected chi connectivity index (χ4v) is 4.11. The van der Waals surface area contributed by atoms with Crippen molar-refractivity contribution in [2.45, 2.75) is 24.1 Å². The quantitative estimate of drug-likeness (QED) is 0.814. The molecule has 0 aliphatic rings. The topological polar surface area (TPSA) is 89.7 Å². The van der Waals surface area contributed by atoms with Crippen molar-refractivity contribution in [3.63, 3.8) is 0 Å². The lowest BCUT2D eigenvalue weighted by Crippen LogP contribution is -2.40. The summed E-state index contributed by atoms with van der Waals surface area (Å²) in [4.78, 5) is 11.3. The first-order chi connectivity index (χ1) is 8.28. The molecular formula is C10H16N2O4S2. The zero-order valence-corrected chi connectivity index (χ0v) is 12.0. The van der Waals surface area contributed by atoms with Crippen LogP contribution < -0.4 is 5.73 Å². The minimum Gasteiger partial charge on any atom is -0.468 e. The zero-order chi connectivity index (χ0) is 13.9. The molecule has 0 aliphatic carbocycles. The predicted molar refractivity (Wildman–Crippen MR) is 69.8 cm³/mol. The largest absolute Gasteiger partial charge is 0.468 e. The molecule has 8 heteroatoms.